The van der Waals surface area contributed by atoms with E-state index in [9.17, 15) is 34.9 Å². The van der Waals surface area contributed by atoms with E-state index in [0.717, 1.165) is 0 Å². The molecule has 0 aliphatic carbocycles. The van der Waals surface area contributed by atoms with E-state index < -0.39 is 34.4 Å². The summed E-state index contributed by atoms with van der Waals surface area (Å²) in [5.74, 6) is 0. The standard InChI is InChI=1S/C12H21F5O3S.K/c13-11(14,15)9-7-5-3-1-2-4-6-8-10-12(16,17)21(18,19)20;/h1-10H2,(H,18,19,20);/q;+1/p-1. The Morgan fingerprint density at radius 2 is 1.00 bits per heavy atom. The second-order valence-corrected chi connectivity index (χ2v) is 6.54. The van der Waals surface area contributed by atoms with Gasteiger partial charge < -0.3 is 4.55 Å². The van der Waals surface area contributed by atoms with E-state index in [4.69, 9.17) is 0 Å². The first-order chi connectivity index (χ1) is 9.46. The molecule has 0 unspecified atom stereocenters. The predicted molar refractivity (Wildman–Crippen MR) is 66.9 cm³/mol. The Bertz CT molecular complexity index is 385. The Balaban J connectivity index is 0. The van der Waals surface area contributed by atoms with Gasteiger partial charge in [0.1, 0.15) is 0 Å². The van der Waals surface area contributed by atoms with Crippen molar-refractivity contribution in [3.8, 4) is 0 Å². The van der Waals surface area contributed by atoms with Crippen molar-refractivity contribution in [3.63, 3.8) is 0 Å². The molecule has 0 N–H and O–H groups in total. The van der Waals surface area contributed by atoms with Gasteiger partial charge in [-0.3, -0.25) is 0 Å². The maximum absolute atomic E-state index is 12.7. The maximum Gasteiger partial charge on any atom is 1.00 e. The van der Waals surface area contributed by atoms with Crippen molar-refractivity contribution in [1.29, 1.82) is 0 Å². The van der Waals surface area contributed by atoms with E-state index in [1.165, 1.54) is 0 Å². The molecular weight excluding hydrogens is 358 g/mol. The van der Waals surface area contributed by atoms with Gasteiger partial charge in [0.15, 0.2) is 10.1 Å². The summed E-state index contributed by atoms with van der Waals surface area (Å²) in [5, 5.41) is -4.22. The van der Waals surface area contributed by atoms with Crippen LogP contribution in [-0.4, -0.2) is 24.4 Å². The average Bonchev–Trinajstić information content (AvgIpc) is 2.28. The fraction of sp³-hybridized carbons (Fsp3) is 1.00. The third-order valence-electron chi connectivity index (χ3n) is 3.04. The Kier molecular flexibility index (Phi) is 13.5. The van der Waals surface area contributed by atoms with Crippen LogP contribution in [0.4, 0.5) is 22.0 Å². The molecule has 3 nitrogen and oxygen atoms in total. The minimum absolute atomic E-state index is 0. The largest absolute Gasteiger partial charge is 1.00 e. The molecular formula is C12H20F5KO3S. The van der Waals surface area contributed by atoms with Crippen molar-refractivity contribution in [3.05, 3.63) is 0 Å². The van der Waals surface area contributed by atoms with Crippen LogP contribution in [0.1, 0.15) is 64.2 Å². The number of hydrogen-bond acceptors (Lipinski definition) is 3. The van der Waals surface area contributed by atoms with Gasteiger partial charge in [-0.2, -0.15) is 22.0 Å². The molecule has 0 heterocycles. The van der Waals surface area contributed by atoms with E-state index in [1.807, 2.05) is 0 Å². The molecule has 128 valence electrons. The third kappa shape index (κ3) is 13.6. The van der Waals surface area contributed by atoms with E-state index in [1.54, 1.807) is 0 Å². The van der Waals surface area contributed by atoms with Crippen LogP contribution >= 0.6 is 0 Å². The number of alkyl halides is 5. The smallest absolute Gasteiger partial charge is 0.743 e. The average molecular weight is 378 g/mol. The van der Waals surface area contributed by atoms with Crippen LogP contribution in [0.5, 0.6) is 0 Å². The molecule has 0 aromatic rings. The quantitative estimate of drug-likeness (QED) is 0.237. The molecule has 10 heteroatoms. The predicted octanol–water partition coefficient (Wildman–Crippen LogP) is 1.59. The fourth-order valence-electron chi connectivity index (χ4n) is 1.84. The number of halogens is 5. The summed E-state index contributed by atoms with van der Waals surface area (Å²) in [6.45, 7) is 0. The minimum Gasteiger partial charge on any atom is -0.743 e. The van der Waals surface area contributed by atoms with E-state index in [-0.39, 0.29) is 64.2 Å². The minimum atomic E-state index is -5.60. The molecule has 0 radical (unpaired) electrons. The summed E-state index contributed by atoms with van der Waals surface area (Å²) in [6, 6.07) is 0. The van der Waals surface area contributed by atoms with Crippen LogP contribution in [0.15, 0.2) is 0 Å². The number of rotatable bonds is 11. The molecule has 0 saturated heterocycles. The summed E-state index contributed by atoms with van der Waals surface area (Å²) in [6.07, 6.45) is -2.35. The van der Waals surface area contributed by atoms with Crippen LogP contribution in [0.25, 0.3) is 0 Å². The molecule has 0 spiro atoms. The van der Waals surface area contributed by atoms with Crippen LogP contribution in [0.2, 0.25) is 0 Å². The fourth-order valence-corrected chi connectivity index (χ4v) is 2.24. The topological polar surface area (TPSA) is 57.2 Å². The first-order valence-electron chi connectivity index (χ1n) is 6.86. The molecule has 0 amide bonds. The van der Waals surface area contributed by atoms with Crippen molar-refractivity contribution < 1.29 is 86.3 Å². The SMILES string of the molecule is O=S(=O)([O-])C(F)(F)CCCCCCCCCCC(F)(F)F.[K+]. The monoisotopic (exact) mass is 378 g/mol. The summed E-state index contributed by atoms with van der Waals surface area (Å²) in [4.78, 5) is 0. The summed E-state index contributed by atoms with van der Waals surface area (Å²) >= 11 is 0. The van der Waals surface area contributed by atoms with Crippen LogP contribution in [-0.2, 0) is 10.1 Å². The summed E-state index contributed by atoms with van der Waals surface area (Å²) in [7, 11) is -5.60. The van der Waals surface area contributed by atoms with Gasteiger partial charge in [-0.1, -0.05) is 38.5 Å². The normalized spacial score (nSPS) is 13.0. The molecule has 0 aliphatic rings. The molecule has 0 atom stereocenters. The van der Waals surface area contributed by atoms with Gasteiger partial charge in [0.2, 0.25) is 0 Å². The van der Waals surface area contributed by atoms with Gasteiger partial charge in [0.05, 0.1) is 0 Å². The molecule has 0 fully saturated rings. The molecule has 22 heavy (non-hydrogen) atoms. The first kappa shape index (κ1) is 25.4. The van der Waals surface area contributed by atoms with Crippen molar-refractivity contribution in [2.75, 3.05) is 0 Å². The third-order valence-corrected chi connectivity index (χ3v) is 3.98. The maximum atomic E-state index is 12.7. The van der Waals surface area contributed by atoms with E-state index in [2.05, 4.69) is 0 Å². The summed E-state index contributed by atoms with van der Waals surface area (Å²) < 4.78 is 91.6. The zero-order chi connectivity index (χ0) is 16.6. The molecule has 0 aliphatic heterocycles. The van der Waals surface area contributed by atoms with Crippen molar-refractivity contribution >= 4 is 10.1 Å². The molecule has 0 bridgehead atoms. The zero-order valence-corrected chi connectivity index (χ0v) is 16.5. The zero-order valence-electron chi connectivity index (χ0n) is 12.6. The Labute approximate surface area is 170 Å². The second kappa shape index (κ2) is 11.7. The Morgan fingerprint density at radius 3 is 1.32 bits per heavy atom. The van der Waals surface area contributed by atoms with Gasteiger partial charge in [0, 0.05) is 12.8 Å². The Hall–Kier alpha value is 1.20. The first-order valence-corrected chi connectivity index (χ1v) is 8.26. The van der Waals surface area contributed by atoms with Gasteiger partial charge in [-0.25, -0.2) is 8.42 Å². The van der Waals surface area contributed by atoms with E-state index >= 15 is 0 Å². The number of hydrogen-bond donors (Lipinski definition) is 0. The van der Waals surface area contributed by atoms with Crippen molar-refractivity contribution in [2.45, 2.75) is 75.6 Å². The van der Waals surface area contributed by atoms with Gasteiger partial charge in [-0.05, 0) is 12.8 Å². The van der Waals surface area contributed by atoms with Gasteiger partial charge >= 0.3 is 62.8 Å². The van der Waals surface area contributed by atoms with Crippen molar-refractivity contribution in [2.24, 2.45) is 0 Å². The van der Waals surface area contributed by atoms with Gasteiger partial charge in [0.25, 0.3) is 0 Å². The summed E-state index contributed by atoms with van der Waals surface area (Å²) in [5.41, 5.74) is 0. The molecule has 0 saturated carbocycles. The van der Waals surface area contributed by atoms with E-state index in [0.29, 0.717) is 38.5 Å². The van der Waals surface area contributed by atoms with Crippen LogP contribution in [0.3, 0.4) is 0 Å². The van der Waals surface area contributed by atoms with Gasteiger partial charge in [-0.15, -0.1) is 0 Å². The Morgan fingerprint density at radius 1 is 0.682 bits per heavy atom. The molecule has 0 aromatic heterocycles. The molecule has 0 rings (SSSR count). The second-order valence-electron chi connectivity index (χ2n) is 5.04. The van der Waals surface area contributed by atoms with Crippen LogP contribution in [0, 0.1) is 0 Å². The van der Waals surface area contributed by atoms with Crippen molar-refractivity contribution in [1.82, 2.24) is 0 Å². The van der Waals surface area contributed by atoms with Crippen LogP contribution < -0.4 is 51.4 Å². The molecule has 0 aromatic carbocycles. The number of unbranched alkanes of at least 4 members (excludes halogenated alkanes) is 7.